The zero-order valence-electron chi connectivity index (χ0n) is 13.5. The lowest BCUT2D eigenvalue weighted by Crippen LogP contribution is -2.27. The minimum absolute atomic E-state index is 0.00265. The molecule has 1 aromatic carbocycles. The number of carbonyl (C=O) groups is 1. The van der Waals surface area contributed by atoms with Crippen LogP contribution >= 0.6 is 0 Å². The summed E-state index contributed by atoms with van der Waals surface area (Å²) in [6.45, 7) is 3.93. The number of rotatable bonds is 3. The van der Waals surface area contributed by atoms with Gasteiger partial charge in [0.25, 0.3) is 15.9 Å². The normalized spacial score (nSPS) is 14.8. The molecule has 9 heteroatoms. The Labute approximate surface area is 139 Å². The number of sulfonamides is 1. The fourth-order valence-electron chi connectivity index (χ4n) is 2.55. The molecule has 3 rings (SSSR count). The zero-order chi connectivity index (χ0) is 17.5. The van der Waals surface area contributed by atoms with Crippen molar-refractivity contribution in [3.63, 3.8) is 0 Å². The average molecular weight is 351 g/mol. The van der Waals surface area contributed by atoms with Gasteiger partial charge in [-0.25, -0.2) is 8.42 Å². The van der Waals surface area contributed by atoms with E-state index in [9.17, 15) is 13.2 Å². The quantitative estimate of drug-likeness (QED) is 0.900. The number of fused-ring (bicyclic) bond motifs is 1. The van der Waals surface area contributed by atoms with E-state index in [4.69, 9.17) is 9.26 Å². The molecule has 1 amide bonds. The second kappa shape index (κ2) is 5.82. The number of aryl methyl sites for hydroxylation is 2. The third kappa shape index (κ3) is 2.82. The maximum atomic E-state index is 12.5. The van der Waals surface area contributed by atoms with Gasteiger partial charge in [-0.1, -0.05) is 5.16 Å². The molecule has 2 aromatic rings. The Hall–Kier alpha value is -2.55. The summed E-state index contributed by atoms with van der Waals surface area (Å²) in [5.74, 6) is 0.416. The summed E-state index contributed by atoms with van der Waals surface area (Å²) in [4.78, 5) is 13.9. The molecule has 128 valence electrons. The monoisotopic (exact) mass is 351 g/mol. The van der Waals surface area contributed by atoms with E-state index < -0.39 is 10.0 Å². The van der Waals surface area contributed by atoms with Crippen molar-refractivity contribution < 1.29 is 22.5 Å². The molecule has 1 aliphatic rings. The zero-order valence-corrected chi connectivity index (χ0v) is 14.3. The highest BCUT2D eigenvalue weighted by Gasteiger charge is 2.26. The van der Waals surface area contributed by atoms with Gasteiger partial charge in [-0.15, -0.1) is 0 Å². The van der Waals surface area contributed by atoms with E-state index in [1.807, 2.05) is 0 Å². The Bertz CT molecular complexity index is 884. The lowest BCUT2D eigenvalue weighted by molar-refractivity contribution is 0.0796. The second-order valence-electron chi connectivity index (χ2n) is 5.54. The third-order valence-electron chi connectivity index (χ3n) is 3.73. The highest BCUT2D eigenvalue weighted by molar-refractivity contribution is 7.92. The first-order chi connectivity index (χ1) is 11.3. The molecule has 0 spiro atoms. The van der Waals surface area contributed by atoms with Crippen LogP contribution < -0.4 is 9.46 Å². The lowest BCUT2D eigenvalue weighted by atomic mass is 10.1. The van der Waals surface area contributed by atoms with E-state index in [0.717, 1.165) is 0 Å². The number of aromatic nitrogens is 1. The van der Waals surface area contributed by atoms with E-state index in [2.05, 4.69) is 9.88 Å². The summed E-state index contributed by atoms with van der Waals surface area (Å²) in [7, 11) is -2.20. The van der Waals surface area contributed by atoms with Crippen molar-refractivity contribution >= 4 is 21.6 Å². The van der Waals surface area contributed by atoms with Gasteiger partial charge in [0.1, 0.15) is 18.1 Å². The molecule has 0 atom stereocenters. The van der Waals surface area contributed by atoms with Gasteiger partial charge in [0.2, 0.25) is 0 Å². The van der Waals surface area contributed by atoms with Gasteiger partial charge in [-0.05, 0) is 32.0 Å². The first-order valence-corrected chi connectivity index (χ1v) is 8.76. The van der Waals surface area contributed by atoms with Gasteiger partial charge in [0.15, 0.2) is 10.7 Å². The van der Waals surface area contributed by atoms with Crippen molar-refractivity contribution in [3.05, 3.63) is 35.2 Å². The second-order valence-corrected chi connectivity index (χ2v) is 7.16. The van der Waals surface area contributed by atoms with Crippen LogP contribution in [0.1, 0.15) is 21.8 Å². The molecule has 1 N–H and O–H groups in total. The molecule has 0 radical (unpaired) electrons. The van der Waals surface area contributed by atoms with Gasteiger partial charge >= 0.3 is 0 Å². The van der Waals surface area contributed by atoms with Crippen LogP contribution in [-0.2, 0) is 10.0 Å². The number of hydrogen-bond acceptors (Lipinski definition) is 6. The maximum Gasteiger partial charge on any atom is 0.267 e. The number of ether oxygens (including phenoxy) is 1. The molecule has 0 bridgehead atoms. The van der Waals surface area contributed by atoms with Crippen LogP contribution in [-0.4, -0.2) is 44.6 Å². The van der Waals surface area contributed by atoms with Crippen molar-refractivity contribution in [1.82, 2.24) is 10.1 Å². The number of likely N-dealkylation sites (N-methyl/N-ethyl adjacent to an activating group) is 1. The maximum absolute atomic E-state index is 12.5. The number of amides is 1. The van der Waals surface area contributed by atoms with Crippen molar-refractivity contribution in [2.24, 2.45) is 0 Å². The SMILES string of the molecule is Cc1noc(C)c1S(=O)(=O)Nc1ccc2c(c1)C(=O)N(C)CCO2. The predicted octanol–water partition coefficient (Wildman–Crippen LogP) is 1.56. The van der Waals surface area contributed by atoms with Gasteiger partial charge < -0.3 is 14.2 Å². The average Bonchev–Trinajstić information content (AvgIpc) is 2.79. The Morgan fingerprint density at radius 1 is 1.29 bits per heavy atom. The van der Waals surface area contributed by atoms with Gasteiger partial charge in [-0.3, -0.25) is 9.52 Å². The first-order valence-electron chi connectivity index (χ1n) is 7.27. The predicted molar refractivity (Wildman–Crippen MR) is 85.7 cm³/mol. The molecule has 1 aliphatic heterocycles. The van der Waals surface area contributed by atoms with Gasteiger partial charge in [0, 0.05) is 12.7 Å². The van der Waals surface area contributed by atoms with Gasteiger partial charge in [-0.2, -0.15) is 0 Å². The van der Waals surface area contributed by atoms with Crippen molar-refractivity contribution in [2.75, 3.05) is 24.9 Å². The highest BCUT2D eigenvalue weighted by atomic mass is 32.2. The number of anilines is 1. The fraction of sp³-hybridized carbons (Fsp3) is 0.333. The molecule has 2 heterocycles. The van der Waals surface area contributed by atoms with E-state index in [1.165, 1.54) is 17.9 Å². The summed E-state index contributed by atoms with van der Waals surface area (Å²) >= 11 is 0. The lowest BCUT2D eigenvalue weighted by Gasteiger charge is -2.13. The summed E-state index contributed by atoms with van der Waals surface area (Å²) in [6, 6.07) is 4.60. The van der Waals surface area contributed by atoms with Crippen molar-refractivity contribution in [1.29, 1.82) is 0 Å². The van der Waals surface area contributed by atoms with Crippen LogP contribution in [0.4, 0.5) is 5.69 Å². The number of benzene rings is 1. The van der Waals surface area contributed by atoms with Gasteiger partial charge in [0.05, 0.1) is 12.1 Å². The van der Waals surface area contributed by atoms with E-state index in [0.29, 0.717) is 24.5 Å². The molecule has 0 saturated heterocycles. The number of carbonyl (C=O) groups excluding carboxylic acids is 1. The molecule has 0 saturated carbocycles. The van der Waals surface area contributed by atoms with Crippen molar-refractivity contribution in [3.8, 4) is 5.75 Å². The molecular formula is C15H17N3O5S. The van der Waals surface area contributed by atoms with E-state index in [1.54, 1.807) is 26.1 Å². The van der Waals surface area contributed by atoms with Crippen LogP contribution in [0.5, 0.6) is 5.75 Å². The Morgan fingerprint density at radius 2 is 2.04 bits per heavy atom. The molecule has 0 aliphatic carbocycles. The highest BCUT2D eigenvalue weighted by Crippen LogP contribution is 2.28. The van der Waals surface area contributed by atoms with Crippen molar-refractivity contribution in [2.45, 2.75) is 18.7 Å². The van der Waals surface area contributed by atoms with E-state index in [-0.39, 0.29) is 27.9 Å². The van der Waals surface area contributed by atoms with E-state index >= 15 is 0 Å². The minimum atomic E-state index is -3.87. The van der Waals surface area contributed by atoms with Crippen LogP contribution in [0.2, 0.25) is 0 Å². The van der Waals surface area contributed by atoms with Crippen LogP contribution in [0.15, 0.2) is 27.6 Å². The Morgan fingerprint density at radius 3 is 2.71 bits per heavy atom. The molecule has 0 unspecified atom stereocenters. The fourth-order valence-corrected chi connectivity index (χ4v) is 3.93. The smallest absolute Gasteiger partial charge is 0.267 e. The largest absolute Gasteiger partial charge is 0.491 e. The Balaban J connectivity index is 1.97. The molecule has 8 nitrogen and oxygen atoms in total. The molecule has 1 aromatic heterocycles. The number of nitrogens with zero attached hydrogens (tertiary/aromatic N) is 2. The van der Waals surface area contributed by atoms with Crippen LogP contribution in [0, 0.1) is 13.8 Å². The topological polar surface area (TPSA) is 102 Å². The summed E-state index contributed by atoms with van der Waals surface area (Å²) in [5.41, 5.74) is 0.851. The third-order valence-corrected chi connectivity index (χ3v) is 5.35. The molecule has 24 heavy (non-hydrogen) atoms. The molecule has 0 fully saturated rings. The number of nitrogens with one attached hydrogen (secondary N) is 1. The first kappa shape index (κ1) is 16.3. The Kier molecular flexibility index (Phi) is 3.96. The van der Waals surface area contributed by atoms with Crippen LogP contribution in [0.3, 0.4) is 0 Å². The summed E-state index contributed by atoms with van der Waals surface area (Å²) in [6.07, 6.45) is 0. The summed E-state index contributed by atoms with van der Waals surface area (Å²) in [5, 5.41) is 3.65. The minimum Gasteiger partial charge on any atom is -0.491 e. The molecular weight excluding hydrogens is 334 g/mol. The standard InChI is InChI=1S/C15H17N3O5S/c1-9-14(10(2)23-16-9)24(20,21)17-11-4-5-13-12(8-11)15(19)18(3)6-7-22-13/h4-5,8,17H,6-7H2,1-3H3. The number of hydrogen-bond donors (Lipinski definition) is 1. The summed E-state index contributed by atoms with van der Waals surface area (Å²) < 4.78 is 38.0. The van der Waals surface area contributed by atoms with Crippen LogP contribution in [0.25, 0.3) is 0 Å².